The molecule has 108 valence electrons. The summed E-state index contributed by atoms with van der Waals surface area (Å²) in [6.07, 6.45) is 3.71. The van der Waals surface area contributed by atoms with Gasteiger partial charge in [-0.05, 0) is 36.4 Å². The van der Waals surface area contributed by atoms with E-state index in [2.05, 4.69) is 30.3 Å². The zero-order valence-corrected chi connectivity index (χ0v) is 13.4. The topological polar surface area (TPSA) is 36.1 Å². The molecule has 2 aromatic rings. The van der Waals surface area contributed by atoms with Crippen LogP contribution in [0.2, 0.25) is 5.02 Å². The van der Waals surface area contributed by atoms with E-state index in [1.165, 1.54) is 10.4 Å². The van der Waals surface area contributed by atoms with Crippen molar-refractivity contribution in [2.75, 3.05) is 6.54 Å². The number of nitrogens with zero attached hydrogens (tertiary/aromatic N) is 1. The van der Waals surface area contributed by atoms with Crippen LogP contribution in [0.4, 0.5) is 0 Å². The van der Waals surface area contributed by atoms with Gasteiger partial charge in [-0.1, -0.05) is 24.9 Å². The zero-order valence-electron chi connectivity index (χ0n) is 11.8. The summed E-state index contributed by atoms with van der Waals surface area (Å²) < 4.78 is 0. The molecule has 0 unspecified atom stereocenters. The Morgan fingerprint density at radius 1 is 1.50 bits per heavy atom. The lowest BCUT2D eigenvalue weighted by atomic mass is 10.2. The van der Waals surface area contributed by atoms with Crippen LogP contribution in [0.3, 0.4) is 0 Å². The number of aromatic nitrogens is 1. The van der Waals surface area contributed by atoms with E-state index in [-0.39, 0.29) is 5.91 Å². The van der Waals surface area contributed by atoms with Gasteiger partial charge in [-0.2, -0.15) is 0 Å². The molecule has 0 aromatic carbocycles. The molecule has 0 spiro atoms. The number of rotatable bonds is 6. The first kappa shape index (κ1) is 15.1. The number of aryl methyl sites for hydroxylation is 1. The van der Waals surface area contributed by atoms with E-state index in [0.29, 0.717) is 17.3 Å². The van der Waals surface area contributed by atoms with Crippen molar-refractivity contribution >= 4 is 28.8 Å². The van der Waals surface area contributed by atoms with Crippen LogP contribution in [-0.2, 0) is 6.54 Å². The Labute approximate surface area is 128 Å². The average Bonchev–Trinajstić information content (AvgIpc) is 3.03. The molecule has 0 radical (unpaired) electrons. The third kappa shape index (κ3) is 3.64. The maximum absolute atomic E-state index is 12.5. The molecule has 2 aromatic heterocycles. The molecule has 1 amide bonds. The molecule has 0 aliphatic rings. The van der Waals surface area contributed by atoms with Gasteiger partial charge in [-0.3, -0.25) is 4.79 Å². The van der Waals surface area contributed by atoms with Gasteiger partial charge >= 0.3 is 0 Å². The van der Waals surface area contributed by atoms with Crippen LogP contribution in [0.1, 0.15) is 40.7 Å². The second-order valence-electron chi connectivity index (χ2n) is 4.84. The number of hydrogen-bond acceptors (Lipinski definition) is 2. The number of amides is 1. The molecule has 0 atom stereocenters. The number of carbonyl (C=O) groups is 1. The van der Waals surface area contributed by atoms with E-state index in [4.69, 9.17) is 11.6 Å². The van der Waals surface area contributed by atoms with Crippen LogP contribution in [0.15, 0.2) is 23.7 Å². The van der Waals surface area contributed by atoms with E-state index >= 15 is 0 Å². The van der Waals surface area contributed by atoms with Gasteiger partial charge < -0.3 is 9.88 Å². The van der Waals surface area contributed by atoms with Crippen LogP contribution in [0.25, 0.3) is 0 Å². The van der Waals surface area contributed by atoms with Crippen molar-refractivity contribution in [1.29, 1.82) is 0 Å². The largest absolute Gasteiger partial charge is 0.356 e. The number of unbranched alkanes of at least 4 members (excludes halogenated alkanes) is 1. The Bertz CT molecular complexity index is 576. The number of aromatic amines is 1. The van der Waals surface area contributed by atoms with E-state index in [9.17, 15) is 4.79 Å². The fourth-order valence-corrected chi connectivity index (χ4v) is 3.09. The Morgan fingerprint density at radius 2 is 2.30 bits per heavy atom. The van der Waals surface area contributed by atoms with Gasteiger partial charge in [-0.15, -0.1) is 11.3 Å². The molecule has 0 aliphatic carbocycles. The van der Waals surface area contributed by atoms with E-state index < -0.39 is 0 Å². The van der Waals surface area contributed by atoms with Gasteiger partial charge in [0.15, 0.2) is 0 Å². The quantitative estimate of drug-likeness (QED) is 0.839. The van der Waals surface area contributed by atoms with Gasteiger partial charge in [0.05, 0.1) is 11.6 Å². The first-order chi connectivity index (χ1) is 9.61. The highest BCUT2D eigenvalue weighted by Crippen LogP contribution is 2.20. The smallest absolute Gasteiger partial charge is 0.270 e. The molecule has 20 heavy (non-hydrogen) atoms. The van der Waals surface area contributed by atoms with Crippen LogP contribution in [-0.4, -0.2) is 22.3 Å². The fourth-order valence-electron chi connectivity index (χ4n) is 2.00. The van der Waals surface area contributed by atoms with Crippen LogP contribution in [0, 0.1) is 6.92 Å². The molecule has 0 saturated carbocycles. The summed E-state index contributed by atoms with van der Waals surface area (Å²) in [5, 5.41) is 2.63. The first-order valence-electron chi connectivity index (χ1n) is 6.78. The standard InChI is InChI=1S/C15H19ClN2OS/c1-3-4-6-18(10-14-11(2)5-7-20-14)15(19)13-8-12(16)9-17-13/h5,7-9,17H,3-4,6,10H2,1-2H3. The molecule has 0 aliphatic heterocycles. The van der Waals surface area contributed by atoms with Crippen molar-refractivity contribution in [2.24, 2.45) is 0 Å². The monoisotopic (exact) mass is 310 g/mol. The van der Waals surface area contributed by atoms with E-state index in [0.717, 1.165) is 19.4 Å². The summed E-state index contributed by atoms with van der Waals surface area (Å²) in [5.74, 6) is 0.0122. The van der Waals surface area contributed by atoms with Gasteiger partial charge in [0, 0.05) is 17.6 Å². The summed E-state index contributed by atoms with van der Waals surface area (Å²) in [6.45, 7) is 5.65. The zero-order chi connectivity index (χ0) is 14.5. The first-order valence-corrected chi connectivity index (χ1v) is 8.03. The van der Waals surface area contributed by atoms with Crippen LogP contribution >= 0.6 is 22.9 Å². The van der Waals surface area contributed by atoms with Gasteiger partial charge in [0.1, 0.15) is 5.69 Å². The van der Waals surface area contributed by atoms with Crippen molar-refractivity contribution < 1.29 is 4.79 Å². The lowest BCUT2D eigenvalue weighted by Crippen LogP contribution is -2.31. The third-order valence-corrected chi connectivity index (χ3v) is 4.48. The number of thiophene rings is 1. The van der Waals surface area contributed by atoms with Gasteiger partial charge in [0.25, 0.3) is 5.91 Å². The molecule has 2 rings (SSSR count). The molecular formula is C15H19ClN2OS. The van der Waals surface area contributed by atoms with Crippen molar-refractivity contribution in [2.45, 2.75) is 33.2 Å². The molecule has 0 fully saturated rings. The predicted molar refractivity (Wildman–Crippen MR) is 84.5 cm³/mol. The number of nitrogens with one attached hydrogen (secondary N) is 1. The minimum Gasteiger partial charge on any atom is -0.356 e. The maximum atomic E-state index is 12.5. The third-order valence-electron chi connectivity index (χ3n) is 3.25. The number of hydrogen-bond donors (Lipinski definition) is 1. The predicted octanol–water partition coefficient (Wildman–Crippen LogP) is 4.48. The highest BCUT2D eigenvalue weighted by atomic mass is 35.5. The summed E-state index contributed by atoms with van der Waals surface area (Å²) in [6, 6.07) is 3.78. The lowest BCUT2D eigenvalue weighted by Gasteiger charge is -2.21. The van der Waals surface area contributed by atoms with Crippen LogP contribution in [0.5, 0.6) is 0 Å². The van der Waals surface area contributed by atoms with Crippen molar-refractivity contribution in [3.05, 3.63) is 44.9 Å². The SMILES string of the molecule is CCCCN(Cc1sccc1C)C(=O)c1cc(Cl)c[nH]1. The van der Waals surface area contributed by atoms with E-state index in [1.807, 2.05) is 4.90 Å². The summed E-state index contributed by atoms with van der Waals surface area (Å²) in [5.41, 5.74) is 1.80. The molecular weight excluding hydrogens is 292 g/mol. The van der Waals surface area contributed by atoms with Crippen molar-refractivity contribution in [3.8, 4) is 0 Å². The van der Waals surface area contributed by atoms with Crippen LogP contribution < -0.4 is 0 Å². The highest BCUT2D eigenvalue weighted by Gasteiger charge is 2.18. The molecule has 3 nitrogen and oxygen atoms in total. The Kier molecular flexibility index (Phi) is 5.26. The minimum atomic E-state index is 0.0122. The normalized spacial score (nSPS) is 10.8. The molecule has 1 N–H and O–H groups in total. The van der Waals surface area contributed by atoms with Gasteiger partial charge in [-0.25, -0.2) is 0 Å². The summed E-state index contributed by atoms with van der Waals surface area (Å²) >= 11 is 7.58. The number of H-pyrrole nitrogens is 1. The lowest BCUT2D eigenvalue weighted by molar-refractivity contribution is 0.0737. The average molecular weight is 311 g/mol. The molecule has 0 bridgehead atoms. The molecule has 5 heteroatoms. The number of halogens is 1. The second kappa shape index (κ2) is 6.95. The number of carbonyl (C=O) groups excluding carboxylic acids is 1. The Hall–Kier alpha value is -1.26. The Morgan fingerprint density at radius 3 is 2.85 bits per heavy atom. The second-order valence-corrected chi connectivity index (χ2v) is 6.28. The summed E-state index contributed by atoms with van der Waals surface area (Å²) in [7, 11) is 0. The van der Waals surface area contributed by atoms with Gasteiger partial charge in [0.2, 0.25) is 0 Å². The van der Waals surface area contributed by atoms with Crippen molar-refractivity contribution in [1.82, 2.24) is 9.88 Å². The minimum absolute atomic E-state index is 0.0122. The maximum Gasteiger partial charge on any atom is 0.270 e. The van der Waals surface area contributed by atoms with E-state index in [1.54, 1.807) is 23.6 Å². The van der Waals surface area contributed by atoms with Crippen molar-refractivity contribution in [3.63, 3.8) is 0 Å². The fraction of sp³-hybridized carbons (Fsp3) is 0.400. The summed E-state index contributed by atoms with van der Waals surface area (Å²) in [4.78, 5) is 18.6. The Balaban J connectivity index is 2.14. The molecule has 2 heterocycles. The molecule has 0 saturated heterocycles. The highest BCUT2D eigenvalue weighted by molar-refractivity contribution is 7.10.